The third-order valence-corrected chi connectivity index (χ3v) is 6.44. The largest absolute Gasteiger partial charge is 0.508 e. The summed E-state index contributed by atoms with van der Waals surface area (Å²) in [7, 11) is 0. The number of benzene rings is 3. The van der Waals surface area contributed by atoms with E-state index >= 15 is 0 Å². The smallest absolute Gasteiger partial charge is 0.407 e. The van der Waals surface area contributed by atoms with Crippen LogP contribution in [0.25, 0.3) is 0 Å². The van der Waals surface area contributed by atoms with E-state index < -0.39 is 17.7 Å². The number of hydrogen-bond acceptors (Lipinski definition) is 8. The number of phenolic OH excluding ortho intramolecular Hbond substituents is 2. The maximum absolute atomic E-state index is 13.2. The first-order valence-electron chi connectivity index (χ1n) is 11.9. The van der Waals surface area contributed by atoms with Crippen molar-refractivity contribution in [2.75, 3.05) is 25.0 Å². The van der Waals surface area contributed by atoms with Crippen molar-refractivity contribution >= 4 is 35.1 Å². The molecule has 1 amide bonds. The van der Waals surface area contributed by atoms with Gasteiger partial charge in [0.15, 0.2) is 10.7 Å². The van der Waals surface area contributed by atoms with Gasteiger partial charge in [0, 0.05) is 54.0 Å². The second kappa shape index (κ2) is 10.4. The van der Waals surface area contributed by atoms with E-state index in [2.05, 4.69) is 21.9 Å². The standard InChI is InChI=1S/C28H23N3O7S/c1-2-3-12-36-27(35)30-11-10-29-26(39)31-16-4-7-20-19(13-16)25(34)38-28(20)21-8-5-17(32)14-23(21)37-24-15-18(33)6-9-22(24)28/h1,4-9,13-15,32-33H,3,10-12H2,(H,30,35)(H2,29,31,39). The van der Waals surface area contributed by atoms with Crippen molar-refractivity contribution in [3.8, 4) is 35.3 Å². The number of hydrogen-bond donors (Lipinski definition) is 5. The molecule has 11 heteroatoms. The van der Waals surface area contributed by atoms with Crippen LogP contribution in [0.5, 0.6) is 23.0 Å². The number of phenols is 2. The Hall–Kier alpha value is -4.95. The van der Waals surface area contributed by atoms with Crippen LogP contribution in [0.3, 0.4) is 0 Å². The highest BCUT2D eigenvalue weighted by atomic mass is 32.1. The monoisotopic (exact) mass is 545 g/mol. The Morgan fingerprint density at radius 3 is 2.28 bits per heavy atom. The van der Waals surface area contributed by atoms with Crippen LogP contribution in [-0.2, 0) is 15.1 Å². The van der Waals surface area contributed by atoms with Crippen molar-refractivity contribution in [3.63, 3.8) is 0 Å². The molecule has 2 heterocycles. The summed E-state index contributed by atoms with van der Waals surface area (Å²) >= 11 is 5.34. The maximum Gasteiger partial charge on any atom is 0.407 e. The Labute approximate surface area is 228 Å². The summed E-state index contributed by atoms with van der Waals surface area (Å²) in [6.07, 6.45) is 4.89. The van der Waals surface area contributed by atoms with Gasteiger partial charge in [0.2, 0.25) is 0 Å². The highest BCUT2D eigenvalue weighted by Crippen LogP contribution is 2.57. The molecular weight excluding hydrogens is 522 g/mol. The van der Waals surface area contributed by atoms with Crippen LogP contribution < -0.4 is 20.7 Å². The number of alkyl carbamates (subject to hydrolysis) is 1. The van der Waals surface area contributed by atoms with E-state index in [0.29, 0.717) is 52.4 Å². The number of nitrogens with one attached hydrogen (secondary N) is 3. The summed E-state index contributed by atoms with van der Waals surface area (Å²) < 4.78 is 16.9. The molecule has 3 aromatic rings. The fraction of sp³-hybridized carbons (Fsp3) is 0.179. The molecular formula is C28H23N3O7S. The van der Waals surface area contributed by atoms with E-state index in [0.717, 1.165) is 0 Å². The topological polar surface area (TPSA) is 138 Å². The Balaban J connectivity index is 1.35. The molecule has 1 spiro atoms. The summed E-state index contributed by atoms with van der Waals surface area (Å²) in [4.78, 5) is 24.8. The summed E-state index contributed by atoms with van der Waals surface area (Å²) in [5, 5.41) is 28.9. The zero-order valence-corrected chi connectivity index (χ0v) is 21.3. The lowest BCUT2D eigenvalue weighted by Gasteiger charge is -2.36. The Morgan fingerprint density at radius 1 is 0.974 bits per heavy atom. The van der Waals surface area contributed by atoms with Gasteiger partial charge in [-0.1, -0.05) is 6.07 Å². The Morgan fingerprint density at radius 2 is 1.62 bits per heavy atom. The zero-order chi connectivity index (χ0) is 27.6. The van der Waals surface area contributed by atoms with Crippen molar-refractivity contribution in [2.45, 2.75) is 12.0 Å². The molecule has 39 heavy (non-hydrogen) atoms. The average molecular weight is 546 g/mol. The van der Waals surface area contributed by atoms with Gasteiger partial charge in [0.25, 0.3) is 0 Å². The van der Waals surface area contributed by atoms with Crippen LogP contribution in [0.2, 0.25) is 0 Å². The number of esters is 1. The number of ether oxygens (including phenoxy) is 3. The second-order valence-electron chi connectivity index (χ2n) is 8.69. The van der Waals surface area contributed by atoms with E-state index in [-0.39, 0.29) is 29.8 Å². The minimum Gasteiger partial charge on any atom is -0.508 e. The van der Waals surface area contributed by atoms with Gasteiger partial charge in [-0.05, 0) is 48.6 Å². The predicted octanol–water partition coefficient (Wildman–Crippen LogP) is 3.70. The zero-order valence-electron chi connectivity index (χ0n) is 20.4. The van der Waals surface area contributed by atoms with E-state index in [4.69, 9.17) is 32.9 Å². The SMILES string of the molecule is C#CCCOC(=O)NCCNC(=S)Nc1ccc2c(c1)C(=O)OC21c2ccc(O)cc2Oc2cc(O)ccc21. The number of fused-ring (bicyclic) bond motifs is 6. The van der Waals surface area contributed by atoms with Crippen LogP contribution in [0.4, 0.5) is 10.5 Å². The van der Waals surface area contributed by atoms with E-state index in [9.17, 15) is 19.8 Å². The van der Waals surface area contributed by atoms with E-state index in [1.165, 1.54) is 24.3 Å². The van der Waals surface area contributed by atoms with E-state index in [1.807, 2.05) is 0 Å². The van der Waals surface area contributed by atoms with Gasteiger partial charge in [0.05, 0.1) is 5.56 Å². The molecule has 0 unspecified atom stereocenters. The highest BCUT2D eigenvalue weighted by Gasteiger charge is 2.53. The van der Waals surface area contributed by atoms with Gasteiger partial charge in [-0.15, -0.1) is 12.3 Å². The summed E-state index contributed by atoms with van der Waals surface area (Å²) in [5.41, 5.74) is 1.17. The molecule has 0 fully saturated rings. The third kappa shape index (κ3) is 4.85. The third-order valence-electron chi connectivity index (χ3n) is 6.19. The quantitative estimate of drug-likeness (QED) is 0.135. The molecule has 2 aliphatic heterocycles. The molecule has 0 saturated carbocycles. The number of carbonyl (C=O) groups is 2. The van der Waals surface area contributed by atoms with Gasteiger partial charge in [-0.2, -0.15) is 0 Å². The number of terminal acetylenes is 1. The summed E-state index contributed by atoms with van der Waals surface area (Å²) in [6.45, 7) is 0.744. The Kier molecular flexibility index (Phi) is 6.87. The molecule has 5 rings (SSSR count). The minimum atomic E-state index is -1.34. The van der Waals surface area contributed by atoms with Crippen LogP contribution in [0.1, 0.15) is 33.5 Å². The first-order chi connectivity index (χ1) is 18.8. The summed E-state index contributed by atoms with van der Waals surface area (Å²) in [5.74, 6) is 2.39. The fourth-order valence-electron chi connectivity index (χ4n) is 4.55. The molecule has 0 bridgehead atoms. The van der Waals surface area contributed by atoms with Crippen molar-refractivity contribution < 1.29 is 34.0 Å². The van der Waals surface area contributed by atoms with Crippen molar-refractivity contribution in [2.24, 2.45) is 0 Å². The second-order valence-corrected chi connectivity index (χ2v) is 9.10. The molecule has 5 N–H and O–H groups in total. The van der Waals surface area contributed by atoms with Crippen LogP contribution in [-0.4, -0.2) is 47.1 Å². The van der Waals surface area contributed by atoms with Crippen molar-refractivity contribution in [1.82, 2.24) is 10.6 Å². The average Bonchev–Trinajstić information content (AvgIpc) is 3.18. The summed E-state index contributed by atoms with van der Waals surface area (Å²) in [6, 6.07) is 14.3. The molecule has 0 aromatic heterocycles. The van der Waals surface area contributed by atoms with Gasteiger partial charge >= 0.3 is 12.1 Å². The Bertz CT molecular complexity index is 1480. The van der Waals surface area contributed by atoms with Gasteiger partial charge in [-0.3, -0.25) is 0 Å². The van der Waals surface area contributed by atoms with Crippen molar-refractivity contribution in [1.29, 1.82) is 0 Å². The fourth-order valence-corrected chi connectivity index (χ4v) is 4.77. The van der Waals surface area contributed by atoms with Gasteiger partial charge < -0.3 is 40.4 Å². The van der Waals surface area contributed by atoms with Crippen LogP contribution in [0.15, 0.2) is 54.6 Å². The number of amides is 1. The number of aromatic hydroxyl groups is 2. The first kappa shape index (κ1) is 25.7. The molecule has 0 saturated heterocycles. The van der Waals surface area contributed by atoms with E-state index in [1.54, 1.807) is 30.3 Å². The number of carbonyl (C=O) groups excluding carboxylic acids is 2. The molecule has 10 nitrogen and oxygen atoms in total. The molecule has 0 atom stereocenters. The lowest BCUT2D eigenvalue weighted by molar-refractivity contribution is 0.0224. The van der Waals surface area contributed by atoms with Gasteiger partial charge in [-0.25, -0.2) is 9.59 Å². The predicted molar refractivity (Wildman–Crippen MR) is 145 cm³/mol. The first-order valence-corrected chi connectivity index (χ1v) is 12.3. The highest BCUT2D eigenvalue weighted by molar-refractivity contribution is 7.80. The molecule has 3 aromatic carbocycles. The lowest BCUT2D eigenvalue weighted by Crippen LogP contribution is -2.37. The minimum absolute atomic E-state index is 0.0198. The number of thiocarbonyl (C=S) groups is 1. The number of anilines is 1. The van der Waals surface area contributed by atoms with Gasteiger partial charge in [0.1, 0.15) is 29.6 Å². The molecule has 2 aliphatic rings. The van der Waals surface area contributed by atoms with Crippen LogP contribution >= 0.6 is 12.2 Å². The van der Waals surface area contributed by atoms with Crippen LogP contribution in [0, 0.1) is 12.3 Å². The molecule has 198 valence electrons. The lowest BCUT2D eigenvalue weighted by atomic mass is 9.77. The molecule has 0 radical (unpaired) electrons. The van der Waals surface area contributed by atoms with Crippen molar-refractivity contribution in [3.05, 3.63) is 76.9 Å². The molecule has 0 aliphatic carbocycles. The number of rotatable bonds is 6. The maximum atomic E-state index is 13.2. The normalized spacial score (nSPS) is 13.6.